The maximum atomic E-state index is 4.23. The van der Waals surface area contributed by atoms with Crippen molar-refractivity contribution >= 4 is 11.3 Å². The van der Waals surface area contributed by atoms with E-state index >= 15 is 0 Å². The van der Waals surface area contributed by atoms with Crippen LogP contribution >= 0.6 is 11.3 Å². The summed E-state index contributed by atoms with van der Waals surface area (Å²) in [6, 6.07) is 8.54. The van der Waals surface area contributed by atoms with E-state index in [1.807, 2.05) is 27.0 Å². The number of benzene rings is 1. The van der Waals surface area contributed by atoms with Gasteiger partial charge in [-0.2, -0.15) is 0 Å². The molecule has 0 unspecified atom stereocenters. The molecule has 0 aliphatic heterocycles. The van der Waals surface area contributed by atoms with E-state index in [9.17, 15) is 0 Å². The molecular formula is C17H24FNS. The molecule has 20 heavy (non-hydrogen) atoms. The van der Waals surface area contributed by atoms with Gasteiger partial charge >= 0.3 is 0 Å². The summed E-state index contributed by atoms with van der Waals surface area (Å²) in [6.45, 7) is 14.9. The predicted octanol–water partition coefficient (Wildman–Crippen LogP) is 5.96. The number of rotatable bonds is 2. The normalized spacial score (nSPS) is 8.00. The molecule has 2 aromatic rings. The zero-order chi connectivity index (χ0) is 14.7. The number of hydrogen-bond donors (Lipinski definition) is 0. The molecule has 2 rings (SSSR count). The summed E-state index contributed by atoms with van der Waals surface area (Å²) < 4.78 is 0. The topological polar surface area (TPSA) is 12.9 Å². The highest BCUT2D eigenvalue weighted by Crippen LogP contribution is 2.25. The van der Waals surface area contributed by atoms with E-state index in [0.29, 0.717) is 0 Å². The van der Waals surface area contributed by atoms with Gasteiger partial charge in [0.2, 0.25) is 0 Å². The van der Waals surface area contributed by atoms with Crippen LogP contribution in [-0.2, 0) is 0 Å². The molecule has 0 bridgehead atoms. The van der Waals surface area contributed by atoms with Gasteiger partial charge in [0.05, 0.1) is 9.88 Å². The second-order valence-electron chi connectivity index (χ2n) is 3.58. The van der Waals surface area contributed by atoms with Crippen LogP contribution in [0.4, 0.5) is 4.70 Å². The summed E-state index contributed by atoms with van der Waals surface area (Å²) in [4.78, 5) is 5.48. The summed E-state index contributed by atoms with van der Waals surface area (Å²) >= 11 is 1.74. The third-order valence-corrected chi connectivity index (χ3v) is 3.09. The first-order valence-electron chi connectivity index (χ1n) is 6.40. The Morgan fingerprint density at radius 3 is 1.85 bits per heavy atom. The van der Waals surface area contributed by atoms with Crippen molar-refractivity contribution in [3.8, 4) is 10.4 Å². The Labute approximate surface area is 126 Å². The van der Waals surface area contributed by atoms with Crippen LogP contribution in [0.3, 0.4) is 0 Å². The van der Waals surface area contributed by atoms with Crippen LogP contribution in [0.25, 0.3) is 10.4 Å². The lowest BCUT2D eigenvalue weighted by Crippen LogP contribution is -1.73. The van der Waals surface area contributed by atoms with Gasteiger partial charge in [0.1, 0.15) is 0 Å². The van der Waals surface area contributed by atoms with E-state index in [2.05, 4.69) is 49.3 Å². The van der Waals surface area contributed by atoms with Crippen molar-refractivity contribution in [2.45, 2.75) is 27.7 Å². The van der Waals surface area contributed by atoms with E-state index in [1.165, 1.54) is 16.0 Å². The standard InChI is InChI=1S/C11H11NS.C4H6.C2H6.FH/c1-8-3-5-10(6-4-8)11-7-12-9(2)13-11;1-3-4-2;1-2;/h3-7H,1-2H3;3-4H,1-2H2;1-2H3;1H. The first-order valence-corrected chi connectivity index (χ1v) is 7.22. The van der Waals surface area contributed by atoms with Crippen LogP contribution in [0, 0.1) is 13.8 Å². The number of hydrogen-bond acceptors (Lipinski definition) is 2. The number of nitrogens with zero attached hydrogens (tertiary/aromatic N) is 1. The molecule has 0 aliphatic rings. The second-order valence-corrected chi connectivity index (χ2v) is 4.82. The van der Waals surface area contributed by atoms with Gasteiger partial charge in [0, 0.05) is 6.20 Å². The number of aryl methyl sites for hydroxylation is 2. The van der Waals surface area contributed by atoms with Crippen LogP contribution in [-0.4, -0.2) is 4.98 Å². The van der Waals surface area contributed by atoms with Gasteiger partial charge in [-0.05, 0) is 19.4 Å². The summed E-state index contributed by atoms with van der Waals surface area (Å²) in [6.07, 6.45) is 5.21. The highest BCUT2D eigenvalue weighted by Gasteiger charge is 2.00. The Balaban J connectivity index is 0. The summed E-state index contributed by atoms with van der Waals surface area (Å²) in [7, 11) is 0. The van der Waals surface area contributed by atoms with Gasteiger partial charge < -0.3 is 0 Å². The smallest absolute Gasteiger partial charge is 0.0900 e. The largest absolute Gasteiger partial charge is 0.269 e. The highest BCUT2D eigenvalue weighted by atomic mass is 32.1. The molecule has 0 spiro atoms. The molecule has 0 radical (unpaired) electrons. The maximum Gasteiger partial charge on any atom is 0.0900 e. The van der Waals surface area contributed by atoms with Gasteiger partial charge in [-0.25, -0.2) is 4.98 Å². The number of allylic oxidation sites excluding steroid dienone is 2. The monoisotopic (exact) mass is 293 g/mol. The van der Waals surface area contributed by atoms with E-state index < -0.39 is 0 Å². The fourth-order valence-corrected chi connectivity index (χ4v) is 2.00. The lowest BCUT2D eigenvalue weighted by molar-refractivity contribution is 1.11. The van der Waals surface area contributed by atoms with Gasteiger partial charge in [-0.15, -0.1) is 11.3 Å². The molecule has 3 heteroatoms. The highest BCUT2D eigenvalue weighted by molar-refractivity contribution is 7.15. The predicted molar refractivity (Wildman–Crippen MR) is 91.3 cm³/mol. The van der Waals surface area contributed by atoms with E-state index in [1.54, 1.807) is 23.5 Å². The zero-order valence-corrected chi connectivity index (χ0v) is 13.5. The Bertz CT molecular complexity index is 480. The van der Waals surface area contributed by atoms with Crippen molar-refractivity contribution in [2.24, 2.45) is 0 Å². The van der Waals surface area contributed by atoms with E-state index in [-0.39, 0.29) is 4.70 Å². The second kappa shape index (κ2) is 12.3. The molecule has 0 N–H and O–H groups in total. The van der Waals surface area contributed by atoms with Crippen LogP contribution in [0.2, 0.25) is 0 Å². The van der Waals surface area contributed by atoms with Gasteiger partial charge in [-0.3, -0.25) is 4.70 Å². The molecule has 1 aromatic carbocycles. The summed E-state index contributed by atoms with van der Waals surface area (Å²) in [5, 5.41) is 1.12. The third kappa shape index (κ3) is 7.64. The molecule has 0 atom stereocenters. The lowest BCUT2D eigenvalue weighted by Gasteiger charge is -1.96. The molecule has 110 valence electrons. The molecular weight excluding hydrogens is 269 g/mol. The lowest BCUT2D eigenvalue weighted by atomic mass is 10.1. The first kappa shape index (κ1) is 20.6. The Morgan fingerprint density at radius 1 is 1.00 bits per heavy atom. The minimum Gasteiger partial charge on any atom is -0.269 e. The average Bonchev–Trinajstić information content (AvgIpc) is 2.89. The van der Waals surface area contributed by atoms with Crippen molar-refractivity contribution in [1.82, 2.24) is 4.98 Å². The molecule has 0 fully saturated rings. The average molecular weight is 293 g/mol. The van der Waals surface area contributed by atoms with E-state index in [0.717, 1.165) is 5.01 Å². The number of thiazole rings is 1. The molecule has 0 aliphatic carbocycles. The first-order chi connectivity index (χ1) is 9.17. The van der Waals surface area contributed by atoms with Crippen LogP contribution in [0.15, 0.2) is 55.8 Å². The molecule has 0 amide bonds. The molecule has 0 saturated heterocycles. The maximum absolute atomic E-state index is 4.23. The molecule has 0 saturated carbocycles. The van der Waals surface area contributed by atoms with E-state index in [4.69, 9.17) is 0 Å². The number of aromatic nitrogens is 1. The fraction of sp³-hybridized carbons (Fsp3) is 0.235. The number of halogens is 1. The minimum absolute atomic E-state index is 0. The summed E-state index contributed by atoms with van der Waals surface area (Å²) in [5.74, 6) is 0. The molecule has 1 heterocycles. The van der Waals surface area contributed by atoms with Crippen LogP contribution < -0.4 is 0 Å². The Morgan fingerprint density at radius 2 is 1.50 bits per heavy atom. The van der Waals surface area contributed by atoms with Crippen molar-refractivity contribution in [3.63, 3.8) is 0 Å². The Kier molecular flexibility index (Phi) is 12.7. The Hall–Kier alpha value is -1.74. The fourth-order valence-electron chi connectivity index (χ4n) is 1.21. The van der Waals surface area contributed by atoms with Gasteiger partial charge in [0.15, 0.2) is 0 Å². The molecule has 1 nitrogen and oxygen atoms in total. The molecule has 1 aromatic heterocycles. The van der Waals surface area contributed by atoms with Crippen LogP contribution in [0.1, 0.15) is 24.4 Å². The van der Waals surface area contributed by atoms with Crippen LogP contribution in [0.5, 0.6) is 0 Å². The third-order valence-electron chi connectivity index (χ3n) is 2.12. The zero-order valence-electron chi connectivity index (χ0n) is 12.7. The van der Waals surface area contributed by atoms with Gasteiger partial charge in [-0.1, -0.05) is 69.0 Å². The summed E-state index contributed by atoms with van der Waals surface area (Å²) in [5.41, 5.74) is 2.56. The van der Waals surface area contributed by atoms with Crippen molar-refractivity contribution in [3.05, 3.63) is 66.3 Å². The SMILES string of the molecule is C=CC=C.CC.Cc1ccc(-c2cnc(C)s2)cc1.F. The van der Waals surface area contributed by atoms with Crippen molar-refractivity contribution < 1.29 is 4.70 Å². The minimum atomic E-state index is 0. The van der Waals surface area contributed by atoms with Crippen molar-refractivity contribution in [1.29, 1.82) is 0 Å². The quantitative estimate of drug-likeness (QED) is 0.622. The van der Waals surface area contributed by atoms with Gasteiger partial charge in [0.25, 0.3) is 0 Å². The van der Waals surface area contributed by atoms with Crippen molar-refractivity contribution in [2.75, 3.05) is 0 Å².